The molecule has 0 radical (unpaired) electrons. The normalized spacial score (nSPS) is 10.7. The molecule has 0 aliphatic carbocycles. The van der Waals surface area contributed by atoms with Gasteiger partial charge in [-0.1, -0.05) is 67.2 Å². The second-order valence-corrected chi connectivity index (χ2v) is 10.7. The maximum atomic E-state index is 13.0. The smallest absolute Gasteiger partial charge is 0.341 e. The topological polar surface area (TPSA) is 95.3 Å². The summed E-state index contributed by atoms with van der Waals surface area (Å²) in [6.07, 6.45) is 2.71. The molecule has 2 aromatic carbocycles. The van der Waals surface area contributed by atoms with E-state index >= 15 is 0 Å². The number of nitrogens with zero attached hydrogens (tertiary/aromatic N) is 3. The third-order valence-corrected chi connectivity index (χ3v) is 7.91. The van der Waals surface area contributed by atoms with E-state index in [2.05, 4.69) is 29.0 Å². The van der Waals surface area contributed by atoms with Crippen molar-refractivity contribution in [3.63, 3.8) is 0 Å². The van der Waals surface area contributed by atoms with Crippen LogP contribution in [0.3, 0.4) is 0 Å². The van der Waals surface area contributed by atoms with Gasteiger partial charge < -0.3 is 14.8 Å². The zero-order valence-electron chi connectivity index (χ0n) is 22.1. The predicted octanol–water partition coefficient (Wildman–Crippen LogP) is 6.16. The van der Waals surface area contributed by atoms with Gasteiger partial charge in [0.2, 0.25) is 5.91 Å². The van der Waals surface area contributed by atoms with Gasteiger partial charge in [-0.3, -0.25) is 9.36 Å². The van der Waals surface area contributed by atoms with Gasteiger partial charge in [-0.05, 0) is 36.6 Å². The number of aryl methyl sites for hydroxylation is 2. The Kier molecular flexibility index (Phi) is 9.56. The number of thioether (sulfide) groups is 1. The highest BCUT2D eigenvalue weighted by Gasteiger charge is 2.25. The van der Waals surface area contributed by atoms with Gasteiger partial charge in [0.1, 0.15) is 22.9 Å². The minimum absolute atomic E-state index is 0.0762. The Labute approximate surface area is 236 Å². The predicted molar refractivity (Wildman–Crippen MR) is 156 cm³/mol. The number of amides is 1. The van der Waals surface area contributed by atoms with Crippen molar-refractivity contribution in [1.82, 2.24) is 14.8 Å². The summed E-state index contributed by atoms with van der Waals surface area (Å²) >= 11 is 2.60. The molecule has 0 spiro atoms. The highest BCUT2D eigenvalue weighted by atomic mass is 32.2. The maximum Gasteiger partial charge on any atom is 0.341 e. The van der Waals surface area contributed by atoms with Crippen molar-refractivity contribution in [2.75, 3.05) is 18.2 Å². The molecule has 8 nitrogen and oxygen atoms in total. The second-order valence-electron chi connectivity index (χ2n) is 8.52. The Bertz CT molecular complexity index is 1450. The molecular weight excluding hydrogens is 532 g/mol. The summed E-state index contributed by atoms with van der Waals surface area (Å²) in [5.41, 5.74) is 3.23. The molecule has 0 unspecified atom stereocenters. The number of nitrogens with one attached hydrogen (secondary N) is 1. The molecule has 0 saturated carbocycles. The van der Waals surface area contributed by atoms with E-state index in [9.17, 15) is 9.59 Å². The van der Waals surface area contributed by atoms with E-state index in [1.165, 1.54) is 35.8 Å². The van der Waals surface area contributed by atoms with Crippen LogP contribution in [0.5, 0.6) is 5.75 Å². The Morgan fingerprint density at radius 3 is 2.54 bits per heavy atom. The van der Waals surface area contributed by atoms with Crippen LogP contribution in [-0.4, -0.2) is 39.5 Å². The zero-order chi connectivity index (χ0) is 27.8. The van der Waals surface area contributed by atoms with Crippen molar-refractivity contribution in [3.05, 3.63) is 89.1 Å². The number of aromatic nitrogens is 3. The van der Waals surface area contributed by atoms with E-state index in [4.69, 9.17) is 9.47 Å². The van der Waals surface area contributed by atoms with E-state index in [0.717, 1.165) is 28.2 Å². The van der Waals surface area contributed by atoms with Gasteiger partial charge in [0.25, 0.3) is 0 Å². The Hall–Kier alpha value is -3.89. The number of allylic oxidation sites excluding steroid dienone is 1. The van der Waals surface area contributed by atoms with E-state index in [0.29, 0.717) is 28.1 Å². The molecule has 4 aromatic rings. The fourth-order valence-electron chi connectivity index (χ4n) is 3.99. The molecule has 0 fully saturated rings. The number of hydrogen-bond donors (Lipinski definition) is 1. The van der Waals surface area contributed by atoms with Crippen LogP contribution in [0.15, 0.2) is 72.4 Å². The van der Waals surface area contributed by atoms with Crippen molar-refractivity contribution in [2.45, 2.75) is 38.6 Å². The van der Waals surface area contributed by atoms with Crippen molar-refractivity contribution >= 4 is 40.0 Å². The molecule has 0 aliphatic rings. The van der Waals surface area contributed by atoms with Crippen molar-refractivity contribution in [3.8, 4) is 16.9 Å². The summed E-state index contributed by atoms with van der Waals surface area (Å²) in [5.74, 6) is 0.685. The number of esters is 1. The minimum atomic E-state index is -0.499. The molecule has 2 aromatic heterocycles. The first-order chi connectivity index (χ1) is 18.9. The monoisotopic (exact) mass is 562 g/mol. The van der Waals surface area contributed by atoms with Crippen molar-refractivity contribution in [2.24, 2.45) is 0 Å². The molecule has 0 atom stereocenters. The summed E-state index contributed by atoms with van der Waals surface area (Å²) in [6.45, 7) is 8.56. The molecule has 202 valence electrons. The lowest BCUT2D eigenvalue weighted by molar-refractivity contribution is -0.113. The number of hydrogen-bond acceptors (Lipinski definition) is 8. The molecule has 10 heteroatoms. The molecule has 1 N–H and O–H groups in total. The van der Waals surface area contributed by atoms with Gasteiger partial charge in [-0.2, -0.15) is 0 Å². The Morgan fingerprint density at radius 1 is 1.13 bits per heavy atom. The molecule has 0 aliphatic heterocycles. The quantitative estimate of drug-likeness (QED) is 0.126. The number of benzene rings is 2. The maximum absolute atomic E-state index is 13.0. The van der Waals surface area contributed by atoms with Gasteiger partial charge in [-0.25, -0.2) is 4.79 Å². The number of carbonyl (C=O) groups is 2. The van der Waals surface area contributed by atoms with Gasteiger partial charge in [0, 0.05) is 17.0 Å². The number of thiophene rings is 1. The van der Waals surface area contributed by atoms with Gasteiger partial charge in [0.15, 0.2) is 11.0 Å². The number of carbonyl (C=O) groups excluding carboxylic acids is 2. The highest BCUT2D eigenvalue weighted by Crippen LogP contribution is 2.40. The fraction of sp³-hybridized carbons (Fsp3) is 0.241. The number of anilines is 1. The van der Waals surface area contributed by atoms with Crippen LogP contribution >= 0.6 is 23.1 Å². The van der Waals surface area contributed by atoms with Crippen LogP contribution in [0, 0.1) is 6.92 Å². The number of ether oxygens (including phenoxy) is 2. The summed E-state index contributed by atoms with van der Waals surface area (Å²) in [4.78, 5) is 26.6. The fourth-order valence-corrected chi connectivity index (χ4v) is 5.84. The largest absolute Gasteiger partial charge is 0.486 e. The zero-order valence-corrected chi connectivity index (χ0v) is 23.7. The van der Waals surface area contributed by atoms with E-state index in [-0.39, 0.29) is 18.3 Å². The van der Waals surface area contributed by atoms with Crippen LogP contribution in [0.4, 0.5) is 5.00 Å². The third-order valence-electron chi connectivity index (χ3n) is 5.93. The highest BCUT2D eigenvalue weighted by molar-refractivity contribution is 7.99. The minimum Gasteiger partial charge on any atom is -0.486 e. The lowest BCUT2D eigenvalue weighted by Crippen LogP contribution is -2.16. The van der Waals surface area contributed by atoms with Crippen molar-refractivity contribution < 1.29 is 19.1 Å². The first-order valence-corrected chi connectivity index (χ1v) is 14.2. The van der Waals surface area contributed by atoms with Crippen LogP contribution in [0.1, 0.15) is 33.5 Å². The standard InChI is InChI=1S/C29H30N4O4S2/c1-5-16-33-23(17-37-22-14-12-20(6-2)13-15-22)31-32-29(33)38-18-24(34)30-27-26(28(35)36-4)25(19(3)39-27)21-10-8-7-9-11-21/h5,7-15H,1,6,16-18H2,2-4H3,(H,30,34). The van der Waals surface area contributed by atoms with Crippen LogP contribution in [0.2, 0.25) is 0 Å². The molecule has 1 amide bonds. The average Bonchev–Trinajstić information content (AvgIpc) is 3.50. The van der Waals surface area contributed by atoms with Crippen LogP contribution in [0.25, 0.3) is 11.1 Å². The van der Waals surface area contributed by atoms with Gasteiger partial charge in [-0.15, -0.1) is 28.1 Å². The molecule has 2 heterocycles. The molecule has 4 rings (SSSR count). The third kappa shape index (κ3) is 6.76. The van der Waals surface area contributed by atoms with Crippen LogP contribution in [-0.2, 0) is 29.1 Å². The first-order valence-electron chi connectivity index (χ1n) is 12.4. The number of rotatable bonds is 12. The summed E-state index contributed by atoms with van der Waals surface area (Å²) < 4.78 is 12.8. The van der Waals surface area contributed by atoms with Crippen molar-refractivity contribution in [1.29, 1.82) is 0 Å². The Morgan fingerprint density at radius 2 is 1.87 bits per heavy atom. The van der Waals surface area contributed by atoms with E-state index in [1.807, 2.05) is 66.1 Å². The molecule has 39 heavy (non-hydrogen) atoms. The van der Waals surface area contributed by atoms with E-state index in [1.54, 1.807) is 6.08 Å². The lowest BCUT2D eigenvalue weighted by Gasteiger charge is -2.10. The number of methoxy groups -OCH3 is 1. The first kappa shape index (κ1) is 28.1. The molecular formula is C29H30N4O4S2. The average molecular weight is 563 g/mol. The lowest BCUT2D eigenvalue weighted by atomic mass is 10.0. The second kappa shape index (κ2) is 13.3. The summed E-state index contributed by atoms with van der Waals surface area (Å²) in [7, 11) is 1.33. The Balaban J connectivity index is 1.45. The van der Waals surface area contributed by atoms with Crippen LogP contribution < -0.4 is 10.1 Å². The molecule has 0 saturated heterocycles. The van der Waals surface area contributed by atoms with Gasteiger partial charge >= 0.3 is 5.97 Å². The van der Waals surface area contributed by atoms with Gasteiger partial charge in [0.05, 0.1) is 12.9 Å². The SMILES string of the molecule is C=CCn1c(COc2ccc(CC)cc2)nnc1SCC(=O)Nc1sc(C)c(-c2ccccc2)c1C(=O)OC. The summed E-state index contributed by atoms with van der Waals surface area (Å²) in [6, 6.07) is 17.5. The molecule has 0 bridgehead atoms. The van der Waals surface area contributed by atoms with E-state index < -0.39 is 5.97 Å². The summed E-state index contributed by atoms with van der Waals surface area (Å²) in [5, 5.41) is 12.5.